The van der Waals surface area contributed by atoms with Crippen LogP contribution in [0.15, 0.2) is 0 Å². The molecule has 0 fully saturated rings. The molecule has 0 aromatic rings. The summed E-state index contributed by atoms with van der Waals surface area (Å²) in [5.41, 5.74) is 0. The number of carbonyl (C=O) groups is 4. The Hall–Kier alpha value is -1.16. The lowest BCUT2D eigenvalue weighted by molar-refractivity contribution is -0.126. The molecule has 11 N–H and O–H groups in total. The van der Waals surface area contributed by atoms with Gasteiger partial charge < -0.3 is 55.1 Å². The van der Waals surface area contributed by atoms with E-state index in [2.05, 4.69) is 10.6 Å². The lowest BCUT2D eigenvalue weighted by Gasteiger charge is -2.30. The molecule has 47 heavy (non-hydrogen) atoms. The van der Waals surface area contributed by atoms with Crippen LogP contribution in [0.25, 0.3) is 0 Å². The lowest BCUT2D eigenvalue weighted by Crippen LogP contribution is -2.31. The van der Waals surface area contributed by atoms with Crippen LogP contribution >= 0.6 is 30.2 Å². The summed E-state index contributed by atoms with van der Waals surface area (Å²) in [5.74, 6) is -1.38. The number of hydrogen-bond acceptors (Lipinski definition) is 10. The van der Waals surface area contributed by atoms with Gasteiger partial charge >= 0.3 is 22.8 Å². The average molecular weight is 765 g/mol. The number of nitrogens with one attached hydrogen (secondary N) is 2. The molecule has 0 aromatic heterocycles. The Morgan fingerprint density at radius 2 is 0.851 bits per heavy atom. The van der Waals surface area contributed by atoms with E-state index in [1.54, 1.807) is 27.7 Å². The minimum absolute atomic E-state index is 0. The maximum absolute atomic E-state index is 11.5. The number of rotatable bonds is 20. The third-order valence-corrected chi connectivity index (χ3v) is 15.1. The number of amides is 2. The summed E-state index contributed by atoms with van der Waals surface area (Å²) in [7, 11) is -20.6. The second-order valence-corrected chi connectivity index (χ2v) is 19.9. The van der Waals surface area contributed by atoms with Crippen molar-refractivity contribution in [2.45, 2.75) is 96.7 Å². The normalized spacial score (nSPS) is 15.0. The largest absolute Gasteiger partial charge is 0.369 e. The summed E-state index contributed by atoms with van der Waals surface area (Å²) in [5, 5.41) is 17.7. The molecular weight excluding hydrogens is 712 g/mol. The topological polar surface area (TPSA) is 343 Å². The Morgan fingerprint density at radius 1 is 0.574 bits per heavy atom. The van der Waals surface area contributed by atoms with Crippen LogP contribution < -0.4 is 10.6 Å². The molecule has 0 aromatic carbocycles. The van der Waals surface area contributed by atoms with E-state index in [1.165, 1.54) is 0 Å². The van der Waals surface area contributed by atoms with Gasteiger partial charge in [-0.3, -0.25) is 37.4 Å². The van der Waals surface area contributed by atoms with E-state index in [9.17, 15) is 52.5 Å². The van der Waals surface area contributed by atoms with E-state index in [4.69, 9.17) is 29.4 Å². The molecule has 0 aliphatic rings. The van der Waals surface area contributed by atoms with Gasteiger partial charge in [-0.2, -0.15) is 0 Å². The maximum atomic E-state index is 11.5. The Morgan fingerprint density at radius 3 is 1.09 bits per heavy atom. The van der Waals surface area contributed by atoms with Gasteiger partial charge in [0.2, 0.25) is 24.3 Å². The van der Waals surface area contributed by atoms with E-state index in [0.717, 1.165) is 0 Å². The molecule has 2 unspecified atom stereocenters. The molecule has 0 rings (SSSR count). The summed E-state index contributed by atoms with van der Waals surface area (Å²) in [4.78, 5) is 109. The van der Waals surface area contributed by atoms with Crippen LogP contribution in [0.4, 0.5) is 0 Å². The second-order valence-electron chi connectivity index (χ2n) is 11.2. The van der Waals surface area contributed by atoms with Crippen molar-refractivity contribution in [3.63, 3.8) is 0 Å². The van der Waals surface area contributed by atoms with Crippen LogP contribution in [0, 0.1) is 11.8 Å². The fourth-order valence-corrected chi connectivity index (χ4v) is 8.60. The van der Waals surface area contributed by atoms with Gasteiger partial charge in [-0.1, -0.05) is 35.1 Å². The number of Topliss-reactive ketones (excluding diaryl/α,β-unsaturated/α-hetero) is 2. The van der Waals surface area contributed by atoms with Gasteiger partial charge in [-0.05, 0) is 19.3 Å². The average Bonchev–Trinajstić information content (AvgIpc) is 2.87. The van der Waals surface area contributed by atoms with Crippen molar-refractivity contribution in [2.24, 2.45) is 11.8 Å². The summed E-state index contributed by atoms with van der Waals surface area (Å²) in [6.07, 6.45) is -1.83. The van der Waals surface area contributed by atoms with E-state index in [1.807, 2.05) is 0 Å². The van der Waals surface area contributed by atoms with Gasteiger partial charge in [0.25, 0.3) is 5.08 Å². The molecule has 0 aliphatic carbocycles. The van der Waals surface area contributed by atoms with Crippen LogP contribution in [0.3, 0.4) is 0 Å². The quantitative estimate of drug-likeness (QED) is 0.0611. The molecule has 0 bridgehead atoms. The monoisotopic (exact) mass is 764 g/mol. The minimum Gasteiger partial charge on any atom is -0.369 e. The van der Waals surface area contributed by atoms with Gasteiger partial charge in [0.1, 0.15) is 11.6 Å². The second kappa shape index (κ2) is 20.5. The summed E-state index contributed by atoms with van der Waals surface area (Å²) in [6, 6.07) is 0. The van der Waals surface area contributed by atoms with Crippen molar-refractivity contribution in [1.29, 1.82) is 0 Å². The van der Waals surface area contributed by atoms with E-state index in [-0.39, 0.29) is 82.4 Å². The van der Waals surface area contributed by atoms with E-state index >= 15 is 0 Å². The number of aliphatic hydroxyl groups is 2. The SMILES string of the molecule is C.CC(C)C(=O)CCC(=O)NCCCC(O)(P(=O)(O)O)P(=O)(O)O.CC(C)C(=O)CCC(=O)NCCCC(O)(P(C)(=O)O)P(=O)(O)O. The Balaban J connectivity index is -0.000000807. The van der Waals surface area contributed by atoms with E-state index in [0.29, 0.717) is 6.66 Å². The zero-order valence-corrected chi connectivity index (χ0v) is 29.9. The van der Waals surface area contributed by atoms with Crippen molar-refractivity contribution < 1.29 is 81.9 Å². The highest BCUT2D eigenvalue weighted by molar-refractivity contribution is 7.74. The van der Waals surface area contributed by atoms with Gasteiger partial charge in [0.15, 0.2) is 0 Å². The fraction of sp³-hybridized carbons (Fsp3) is 0.833. The van der Waals surface area contributed by atoms with Crippen LogP contribution in [-0.4, -0.2) is 97.8 Å². The predicted octanol–water partition coefficient (Wildman–Crippen LogP) is 1.14. The van der Waals surface area contributed by atoms with Gasteiger partial charge in [-0.15, -0.1) is 0 Å². The molecule has 0 spiro atoms. The standard InChI is InChI=1S/C12H25NO8P2.C11H23NO9P2.CH4/c1-9(2)10(14)5-6-11(15)13-8-4-7-12(16,22(3,17)18)23(19,20)21;1-8(2)9(13)4-5-10(14)12-7-3-6-11(15,22(16,17)18)23(19,20)21;/h9,16H,4-8H2,1-3H3,(H,13,15)(H,17,18)(H2,19,20,21);8,15H,3-7H2,1-2H3,(H,12,14)(H2,16,17,18)(H2,19,20,21);1H4. The van der Waals surface area contributed by atoms with Crippen molar-refractivity contribution >= 4 is 53.5 Å². The zero-order chi connectivity index (χ0) is 36.9. The molecule has 0 heterocycles. The van der Waals surface area contributed by atoms with Crippen molar-refractivity contribution in [2.75, 3.05) is 19.8 Å². The highest BCUT2D eigenvalue weighted by atomic mass is 31.2. The van der Waals surface area contributed by atoms with E-state index < -0.39 is 65.0 Å². The Kier molecular flexibility index (Phi) is 21.9. The van der Waals surface area contributed by atoms with Crippen LogP contribution in [0.5, 0.6) is 0 Å². The molecular formula is C24H52N2O17P4. The Labute approximate surface area is 274 Å². The summed E-state index contributed by atoms with van der Waals surface area (Å²) < 4.78 is 45.0. The van der Waals surface area contributed by atoms with Gasteiger partial charge in [-0.25, -0.2) is 0 Å². The van der Waals surface area contributed by atoms with Gasteiger partial charge in [0, 0.05) is 63.7 Å². The first-order valence-electron chi connectivity index (χ1n) is 14.0. The molecule has 0 aliphatic heterocycles. The first-order valence-corrected chi connectivity index (χ1v) is 20.9. The summed E-state index contributed by atoms with van der Waals surface area (Å²) >= 11 is 0. The third kappa shape index (κ3) is 17.4. The zero-order valence-electron chi connectivity index (χ0n) is 26.3. The molecule has 280 valence electrons. The van der Waals surface area contributed by atoms with Crippen molar-refractivity contribution in [1.82, 2.24) is 10.6 Å². The summed E-state index contributed by atoms with van der Waals surface area (Å²) in [6.45, 7) is 7.31. The highest BCUT2D eigenvalue weighted by Gasteiger charge is 2.58. The predicted molar refractivity (Wildman–Crippen MR) is 171 cm³/mol. The molecule has 23 heteroatoms. The third-order valence-electron chi connectivity index (χ3n) is 6.57. The smallest absolute Gasteiger partial charge is 0.369 e. The highest BCUT2D eigenvalue weighted by Crippen LogP contribution is 2.70. The first-order chi connectivity index (χ1) is 20.4. The van der Waals surface area contributed by atoms with Crippen molar-refractivity contribution in [3.05, 3.63) is 0 Å². The van der Waals surface area contributed by atoms with Crippen LogP contribution in [-0.2, 0) is 37.4 Å². The first kappa shape index (κ1) is 50.2. The number of ketones is 2. The molecule has 0 radical (unpaired) electrons. The molecule has 0 saturated heterocycles. The van der Waals surface area contributed by atoms with Crippen molar-refractivity contribution in [3.8, 4) is 0 Å². The molecule has 0 saturated carbocycles. The molecule has 2 atom stereocenters. The van der Waals surface area contributed by atoms with Crippen LogP contribution in [0.2, 0.25) is 0 Å². The fourth-order valence-electron chi connectivity index (χ4n) is 3.39. The van der Waals surface area contributed by atoms with Gasteiger partial charge in [0.05, 0.1) is 0 Å². The number of hydrogen-bond donors (Lipinski definition) is 11. The van der Waals surface area contributed by atoms with Crippen LogP contribution in [0.1, 0.15) is 86.5 Å². The number of carbonyl (C=O) groups excluding carboxylic acids is 4. The molecule has 19 nitrogen and oxygen atoms in total. The maximum Gasteiger partial charge on any atom is 0.369 e. The minimum atomic E-state index is -5.47. The lowest BCUT2D eigenvalue weighted by atomic mass is 10.0. The molecule has 2 amide bonds. The Bertz CT molecular complexity index is 1090.